The predicted octanol–water partition coefficient (Wildman–Crippen LogP) is 2.57. The van der Waals surface area contributed by atoms with Crippen molar-refractivity contribution in [3.8, 4) is 0 Å². The average molecular weight is 189 g/mol. The molecule has 0 rings (SSSR count). The Hall–Kier alpha value is 0.0400. The molecule has 0 radical (unpaired) electrons. The molecule has 0 bridgehead atoms. The Labute approximate surface area is 68.3 Å². The van der Waals surface area contributed by atoms with E-state index in [-0.39, 0.29) is 5.05 Å². The minimum atomic E-state index is -2.74. The van der Waals surface area contributed by atoms with Crippen molar-refractivity contribution < 1.29 is 13.5 Å². The highest BCUT2D eigenvalue weighted by atomic mass is 35.5. The molecule has 0 N–H and O–H groups in total. The van der Waals surface area contributed by atoms with Gasteiger partial charge in [0.05, 0.1) is 0 Å². The second-order valence-corrected chi connectivity index (χ2v) is 3.21. The summed E-state index contributed by atoms with van der Waals surface area (Å²) in [5.74, 6) is 0. The Balaban J connectivity index is 3.99. The van der Waals surface area contributed by atoms with Gasteiger partial charge in [-0.1, -0.05) is 11.6 Å². The smallest absolute Gasteiger partial charge is 0.291 e. The van der Waals surface area contributed by atoms with Gasteiger partial charge in [-0.05, 0) is 19.1 Å². The molecule has 0 spiro atoms. The van der Waals surface area contributed by atoms with Crippen molar-refractivity contribution >= 4 is 28.9 Å². The number of alkyl halides is 3. The summed E-state index contributed by atoms with van der Waals surface area (Å²) < 4.78 is 28.2. The molecule has 0 saturated carbocycles. The number of ether oxygens (including phenoxy) is 1. The lowest BCUT2D eigenvalue weighted by molar-refractivity contribution is -0.0129. The maximum atomic E-state index is 11.9. The van der Waals surface area contributed by atoms with Crippen LogP contribution in [0.15, 0.2) is 0 Å². The van der Waals surface area contributed by atoms with Crippen LogP contribution in [0.3, 0.4) is 0 Å². The fourth-order valence-corrected chi connectivity index (χ4v) is 0.660. The monoisotopic (exact) mass is 188 g/mol. The molecule has 0 aliphatic carbocycles. The molecule has 60 valence electrons. The Morgan fingerprint density at radius 3 is 2.20 bits per heavy atom. The summed E-state index contributed by atoms with van der Waals surface area (Å²) in [5.41, 5.74) is 0. The van der Waals surface area contributed by atoms with E-state index in [0.717, 1.165) is 6.92 Å². The molecule has 5 heteroatoms. The maximum Gasteiger partial charge on any atom is 0.291 e. The first-order valence-corrected chi connectivity index (χ1v) is 3.31. The van der Waals surface area contributed by atoms with Gasteiger partial charge in [0.1, 0.15) is 0 Å². The average Bonchev–Trinajstić information content (AvgIpc) is 1.60. The molecule has 10 heavy (non-hydrogen) atoms. The molecular weight excluding hydrogens is 182 g/mol. The lowest BCUT2D eigenvalue weighted by atomic mass is 10.4. The zero-order valence-electron chi connectivity index (χ0n) is 5.53. The molecule has 0 aromatic rings. The van der Waals surface area contributed by atoms with E-state index in [1.54, 1.807) is 0 Å². The van der Waals surface area contributed by atoms with Gasteiger partial charge in [0, 0.05) is 6.92 Å². The Morgan fingerprint density at radius 2 is 2.10 bits per heavy atom. The van der Waals surface area contributed by atoms with Gasteiger partial charge in [0.15, 0.2) is 5.05 Å². The topological polar surface area (TPSA) is 9.23 Å². The van der Waals surface area contributed by atoms with Crippen LogP contribution in [-0.4, -0.2) is 16.5 Å². The van der Waals surface area contributed by atoms with Crippen molar-refractivity contribution in [2.45, 2.75) is 25.3 Å². The van der Waals surface area contributed by atoms with Crippen molar-refractivity contribution in [2.75, 3.05) is 0 Å². The van der Waals surface area contributed by atoms with Gasteiger partial charge in [-0.3, -0.25) is 0 Å². The minimum Gasteiger partial charge on any atom is -0.460 e. The lowest BCUT2D eigenvalue weighted by Gasteiger charge is -2.21. The molecule has 1 nitrogen and oxygen atoms in total. The summed E-state index contributed by atoms with van der Waals surface area (Å²) in [6.45, 7) is 2.45. The number of hydrogen-bond acceptors (Lipinski definition) is 2. The molecule has 0 fully saturated rings. The van der Waals surface area contributed by atoms with Crippen LogP contribution in [0.1, 0.15) is 13.8 Å². The summed E-state index contributed by atoms with van der Waals surface area (Å²) >= 11 is 9.63. The Bertz CT molecular complexity index is 138. The van der Waals surface area contributed by atoms with E-state index >= 15 is 0 Å². The molecule has 0 aliphatic rings. The molecule has 0 aliphatic heterocycles. The van der Waals surface area contributed by atoms with Crippen LogP contribution in [0.4, 0.5) is 8.78 Å². The van der Waals surface area contributed by atoms with E-state index in [2.05, 4.69) is 17.0 Å². The van der Waals surface area contributed by atoms with Gasteiger partial charge in [0.2, 0.25) is 5.06 Å². The van der Waals surface area contributed by atoms with Gasteiger partial charge in [-0.25, -0.2) is 8.78 Å². The summed E-state index contributed by atoms with van der Waals surface area (Å²) in [5, 5.41) is -1.97. The standard InChI is InChI=1S/C5H7ClF2OS/c1-3(10)9-5(2,6)4(7)8/h4H,1-2H3. The van der Waals surface area contributed by atoms with Crippen molar-refractivity contribution in [1.29, 1.82) is 0 Å². The normalized spacial score (nSPS) is 16.6. The van der Waals surface area contributed by atoms with Crippen LogP contribution in [0.5, 0.6) is 0 Å². The molecular formula is C5H7ClF2OS. The second-order valence-electron chi connectivity index (χ2n) is 1.88. The van der Waals surface area contributed by atoms with Gasteiger partial charge in [-0.2, -0.15) is 0 Å². The fourth-order valence-electron chi connectivity index (χ4n) is 0.326. The summed E-state index contributed by atoms with van der Waals surface area (Å²) in [6.07, 6.45) is -2.74. The van der Waals surface area contributed by atoms with Gasteiger partial charge >= 0.3 is 0 Å². The van der Waals surface area contributed by atoms with Crippen molar-refractivity contribution in [1.82, 2.24) is 0 Å². The van der Waals surface area contributed by atoms with Crippen LogP contribution in [0.25, 0.3) is 0 Å². The quantitative estimate of drug-likeness (QED) is 0.487. The second kappa shape index (κ2) is 3.44. The molecule has 1 atom stereocenters. The van der Waals surface area contributed by atoms with E-state index in [1.807, 2.05) is 0 Å². The Morgan fingerprint density at radius 1 is 1.70 bits per heavy atom. The third-order valence-electron chi connectivity index (χ3n) is 0.733. The first-order valence-electron chi connectivity index (χ1n) is 2.53. The zero-order chi connectivity index (χ0) is 8.36. The molecule has 0 aromatic carbocycles. The van der Waals surface area contributed by atoms with E-state index in [4.69, 9.17) is 11.6 Å². The molecule has 0 heterocycles. The zero-order valence-corrected chi connectivity index (χ0v) is 7.10. The molecule has 1 unspecified atom stereocenters. The van der Waals surface area contributed by atoms with Crippen molar-refractivity contribution in [3.05, 3.63) is 0 Å². The van der Waals surface area contributed by atoms with E-state index in [0.29, 0.717) is 0 Å². The largest absolute Gasteiger partial charge is 0.460 e. The highest BCUT2D eigenvalue weighted by molar-refractivity contribution is 7.80. The highest BCUT2D eigenvalue weighted by Gasteiger charge is 2.34. The number of hydrogen-bond donors (Lipinski definition) is 0. The van der Waals surface area contributed by atoms with E-state index in [9.17, 15) is 8.78 Å². The number of thiocarbonyl (C=S) groups is 1. The minimum absolute atomic E-state index is 0.0119. The summed E-state index contributed by atoms with van der Waals surface area (Å²) in [4.78, 5) is 0. The van der Waals surface area contributed by atoms with Crippen LogP contribution in [0, 0.1) is 0 Å². The van der Waals surface area contributed by atoms with Crippen LogP contribution in [0.2, 0.25) is 0 Å². The summed E-state index contributed by atoms with van der Waals surface area (Å²) in [7, 11) is 0. The fraction of sp³-hybridized carbons (Fsp3) is 0.800. The van der Waals surface area contributed by atoms with Gasteiger partial charge in [0.25, 0.3) is 6.43 Å². The first-order chi connectivity index (χ1) is 4.36. The van der Waals surface area contributed by atoms with Gasteiger partial charge in [-0.15, -0.1) is 0 Å². The van der Waals surface area contributed by atoms with Gasteiger partial charge < -0.3 is 4.74 Å². The first kappa shape index (κ1) is 10.0. The molecule has 0 saturated heterocycles. The highest BCUT2D eigenvalue weighted by Crippen LogP contribution is 2.24. The molecule has 0 aromatic heterocycles. The maximum absolute atomic E-state index is 11.9. The van der Waals surface area contributed by atoms with Crippen LogP contribution in [-0.2, 0) is 4.74 Å². The third kappa shape index (κ3) is 3.27. The van der Waals surface area contributed by atoms with Crippen LogP contribution < -0.4 is 0 Å². The summed E-state index contributed by atoms with van der Waals surface area (Å²) in [6, 6.07) is 0. The number of halogens is 3. The van der Waals surface area contributed by atoms with Crippen molar-refractivity contribution in [2.24, 2.45) is 0 Å². The lowest BCUT2D eigenvalue weighted by Crippen LogP contribution is -2.31. The van der Waals surface area contributed by atoms with Crippen LogP contribution >= 0.6 is 23.8 Å². The SMILES string of the molecule is CC(=S)OC(C)(Cl)C(F)F. The third-order valence-corrected chi connectivity index (χ3v) is 1.06. The molecule has 0 amide bonds. The predicted molar refractivity (Wildman–Crippen MR) is 39.6 cm³/mol. The number of rotatable bonds is 2. The van der Waals surface area contributed by atoms with Crippen molar-refractivity contribution in [3.63, 3.8) is 0 Å². The Kier molecular flexibility index (Phi) is 3.45. The van der Waals surface area contributed by atoms with E-state index < -0.39 is 11.5 Å². The van der Waals surface area contributed by atoms with E-state index in [1.165, 1.54) is 6.92 Å².